The van der Waals surface area contributed by atoms with Crippen LogP contribution in [0, 0.1) is 0 Å². The lowest BCUT2D eigenvalue weighted by Gasteiger charge is -2.26. The minimum absolute atomic E-state index is 0.0407. The van der Waals surface area contributed by atoms with Crippen LogP contribution in [0.2, 0.25) is 0 Å². The molecular weight excluding hydrogens is 362 g/mol. The van der Waals surface area contributed by atoms with E-state index in [4.69, 9.17) is 0 Å². The van der Waals surface area contributed by atoms with Gasteiger partial charge in [-0.15, -0.1) is 0 Å². The van der Waals surface area contributed by atoms with Crippen LogP contribution in [0.15, 0.2) is 54.6 Å². The molecule has 1 atom stereocenters. The summed E-state index contributed by atoms with van der Waals surface area (Å²) in [4.78, 5) is 19.0. The summed E-state index contributed by atoms with van der Waals surface area (Å²) in [5.74, 6) is 0.0736. The fourth-order valence-corrected chi connectivity index (χ4v) is 3.75. The normalized spacial score (nSPS) is 12.9. The largest absolute Gasteiger partial charge is 0.337 e. The Morgan fingerprint density at radius 3 is 2.41 bits per heavy atom. The van der Waals surface area contributed by atoms with Crippen LogP contribution in [-0.4, -0.2) is 42.1 Å². The molecule has 0 aliphatic rings. The van der Waals surface area contributed by atoms with Crippen molar-refractivity contribution >= 4 is 26.8 Å². The van der Waals surface area contributed by atoms with Crippen LogP contribution < -0.4 is 0 Å². The van der Waals surface area contributed by atoms with E-state index >= 15 is 0 Å². The van der Waals surface area contributed by atoms with Crippen molar-refractivity contribution in [2.45, 2.75) is 25.3 Å². The van der Waals surface area contributed by atoms with Gasteiger partial charge in [-0.05, 0) is 24.6 Å². The maximum atomic E-state index is 12.9. The van der Waals surface area contributed by atoms with Gasteiger partial charge >= 0.3 is 0 Å². The van der Waals surface area contributed by atoms with Crippen molar-refractivity contribution in [3.8, 4) is 0 Å². The predicted molar refractivity (Wildman–Crippen MR) is 106 cm³/mol. The molecule has 0 radical (unpaired) electrons. The molecule has 0 saturated carbocycles. The summed E-state index contributed by atoms with van der Waals surface area (Å²) in [6.45, 7) is 2.01. The Morgan fingerprint density at radius 1 is 1.11 bits per heavy atom. The topological polar surface area (TPSA) is 72.3 Å². The van der Waals surface area contributed by atoms with Crippen molar-refractivity contribution < 1.29 is 13.2 Å². The number of sulfone groups is 1. The maximum absolute atomic E-state index is 12.9. The lowest BCUT2D eigenvalue weighted by atomic mass is 10.1. The van der Waals surface area contributed by atoms with Crippen molar-refractivity contribution in [3.05, 3.63) is 66.0 Å². The molecule has 0 bridgehead atoms. The van der Waals surface area contributed by atoms with Gasteiger partial charge in [0.15, 0.2) is 9.84 Å². The molecule has 0 saturated heterocycles. The van der Waals surface area contributed by atoms with E-state index in [1.54, 1.807) is 16.5 Å². The molecule has 0 aliphatic carbocycles. The second-order valence-electron chi connectivity index (χ2n) is 6.76. The van der Waals surface area contributed by atoms with E-state index < -0.39 is 9.84 Å². The number of amides is 1. The minimum atomic E-state index is -3.27. The first kappa shape index (κ1) is 19.1. The summed E-state index contributed by atoms with van der Waals surface area (Å²) in [5, 5.41) is 0. The lowest BCUT2D eigenvalue weighted by molar-refractivity contribution is -0.132. The van der Waals surface area contributed by atoms with Crippen molar-refractivity contribution in [1.29, 1.82) is 0 Å². The second kappa shape index (κ2) is 7.52. The Bertz CT molecular complexity index is 1060. The molecule has 1 heterocycles. The average Bonchev–Trinajstić information content (AvgIpc) is 2.96. The third-order valence-electron chi connectivity index (χ3n) is 4.67. The molecule has 1 amide bonds. The standard InChI is InChI=1S/C20H23N3O3S/c1-15(16-9-5-4-6-10-16)22(2)20(24)13-23-18-12-8-7-11-17(18)21-19(23)14-27(3,25)26/h4-12,15H,13-14H2,1-3H3. The molecule has 2 aromatic carbocycles. The summed E-state index contributed by atoms with van der Waals surface area (Å²) in [7, 11) is -1.51. The van der Waals surface area contributed by atoms with E-state index in [9.17, 15) is 13.2 Å². The zero-order valence-electron chi connectivity index (χ0n) is 15.7. The Balaban J connectivity index is 1.91. The maximum Gasteiger partial charge on any atom is 0.242 e. The zero-order chi connectivity index (χ0) is 19.6. The van der Waals surface area contributed by atoms with E-state index in [1.807, 2.05) is 61.5 Å². The summed E-state index contributed by atoms with van der Waals surface area (Å²) in [5.41, 5.74) is 2.48. The smallest absolute Gasteiger partial charge is 0.242 e. The van der Waals surface area contributed by atoms with Crippen LogP contribution >= 0.6 is 0 Å². The summed E-state index contributed by atoms with van der Waals surface area (Å²) < 4.78 is 25.3. The first-order valence-corrected chi connectivity index (χ1v) is 10.7. The van der Waals surface area contributed by atoms with Gasteiger partial charge in [0.05, 0.1) is 17.1 Å². The number of aromatic nitrogens is 2. The number of fused-ring (bicyclic) bond motifs is 1. The summed E-state index contributed by atoms with van der Waals surface area (Å²) in [6, 6.07) is 17.1. The Kier molecular flexibility index (Phi) is 5.32. The number of carbonyl (C=O) groups is 1. The highest BCUT2D eigenvalue weighted by atomic mass is 32.2. The highest BCUT2D eigenvalue weighted by molar-refractivity contribution is 7.89. The monoisotopic (exact) mass is 385 g/mol. The highest BCUT2D eigenvalue weighted by Crippen LogP contribution is 2.21. The van der Waals surface area contributed by atoms with Crippen LogP contribution in [0.4, 0.5) is 0 Å². The van der Waals surface area contributed by atoms with Crippen LogP contribution in [0.1, 0.15) is 24.4 Å². The highest BCUT2D eigenvalue weighted by Gasteiger charge is 2.21. The van der Waals surface area contributed by atoms with Crippen LogP contribution in [-0.2, 0) is 26.9 Å². The van der Waals surface area contributed by atoms with Crippen molar-refractivity contribution in [2.24, 2.45) is 0 Å². The Morgan fingerprint density at radius 2 is 1.74 bits per heavy atom. The summed E-state index contributed by atoms with van der Waals surface area (Å²) in [6.07, 6.45) is 1.17. The van der Waals surface area contributed by atoms with Gasteiger partial charge < -0.3 is 9.47 Å². The van der Waals surface area contributed by atoms with Crippen molar-refractivity contribution in [1.82, 2.24) is 14.5 Å². The van der Waals surface area contributed by atoms with Crippen molar-refractivity contribution in [2.75, 3.05) is 13.3 Å². The average molecular weight is 385 g/mol. The quantitative estimate of drug-likeness (QED) is 0.654. The van der Waals surface area contributed by atoms with Crippen LogP contribution in [0.25, 0.3) is 11.0 Å². The first-order valence-electron chi connectivity index (χ1n) is 8.69. The molecule has 7 heteroatoms. The number of hydrogen-bond acceptors (Lipinski definition) is 4. The van der Waals surface area contributed by atoms with Gasteiger partial charge in [-0.3, -0.25) is 4.79 Å². The Hall–Kier alpha value is -2.67. The molecule has 0 aliphatic heterocycles. The van der Waals surface area contributed by atoms with Crippen LogP contribution in [0.5, 0.6) is 0 Å². The SMILES string of the molecule is CC(c1ccccc1)N(C)C(=O)Cn1c(CS(C)(=O)=O)nc2ccccc21. The predicted octanol–water partition coefficient (Wildman–Crippen LogP) is 2.80. The molecule has 0 N–H and O–H groups in total. The molecule has 1 unspecified atom stereocenters. The molecule has 27 heavy (non-hydrogen) atoms. The fourth-order valence-electron chi connectivity index (χ4n) is 3.06. The number of carbonyl (C=O) groups excluding carboxylic acids is 1. The number of para-hydroxylation sites is 2. The van der Waals surface area contributed by atoms with E-state index in [0.717, 1.165) is 11.1 Å². The van der Waals surface area contributed by atoms with E-state index in [1.165, 1.54) is 6.26 Å². The van der Waals surface area contributed by atoms with E-state index in [0.29, 0.717) is 11.3 Å². The van der Waals surface area contributed by atoms with Gasteiger partial charge in [0.25, 0.3) is 0 Å². The molecule has 6 nitrogen and oxygen atoms in total. The molecule has 3 rings (SSSR count). The second-order valence-corrected chi connectivity index (χ2v) is 8.90. The molecular formula is C20H23N3O3S. The van der Waals surface area contributed by atoms with Gasteiger partial charge in [-0.2, -0.15) is 0 Å². The third kappa shape index (κ3) is 4.36. The molecule has 3 aromatic rings. The number of nitrogens with zero attached hydrogens (tertiary/aromatic N) is 3. The van der Waals surface area contributed by atoms with Gasteiger partial charge in [0.1, 0.15) is 18.1 Å². The van der Waals surface area contributed by atoms with Crippen molar-refractivity contribution in [3.63, 3.8) is 0 Å². The van der Waals surface area contributed by atoms with Gasteiger partial charge in [-0.25, -0.2) is 13.4 Å². The molecule has 0 fully saturated rings. The molecule has 1 aromatic heterocycles. The van der Waals surface area contributed by atoms with Crippen LogP contribution in [0.3, 0.4) is 0 Å². The van der Waals surface area contributed by atoms with E-state index in [-0.39, 0.29) is 24.2 Å². The van der Waals surface area contributed by atoms with Gasteiger partial charge in [0.2, 0.25) is 5.91 Å². The number of imidazole rings is 1. The number of benzene rings is 2. The number of likely N-dealkylation sites (N-methyl/N-ethyl adjacent to an activating group) is 1. The van der Waals surface area contributed by atoms with Gasteiger partial charge in [0, 0.05) is 13.3 Å². The van der Waals surface area contributed by atoms with E-state index in [2.05, 4.69) is 4.98 Å². The Labute approximate surface area is 159 Å². The minimum Gasteiger partial charge on any atom is -0.337 e. The number of hydrogen-bond donors (Lipinski definition) is 0. The molecule has 0 spiro atoms. The fraction of sp³-hybridized carbons (Fsp3) is 0.300. The summed E-state index contributed by atoms with van der Waals surface area (Å²) >= 11 is 0. The lowest BCUT2D eigenvalue weighted by Crippen LogP contribution is -2.33. The zero-order valence-corrected chi connectivity index (χ0v) is 16.5. The molecule has 142 valence electrons. The first-order chi connectivity index (χ1) is 12.8. The third-order valence-corrected chi connectivity index (χ3v) is 5.46. The van der Waals surface area contributed by atoms with Gasteiger partial charge in [-0.1, -0.05) is 42.5 Å². The number of rotatable bonds is 6.